The van der Waals surface area contributed by atoms with Crippen molar-refractivity contribution in [2.24, 2.45) is 0 Å². The summed E-state index contributed by atoms with van der Waals surface area (Å²) in [5.74, 6) is 0.0782. The smallest absolute Gasteiger partial charge is 0.253 e. The monoisotopic (exact) mass is 355 g/mol. The first-order valence-corrected chi connectivity index (χ1v) is 8.24. The molecule has 0 bridgehead atoms. The highest BCUT2D eigenvalue weighted by molar-refractivity contribution is 9.10. The number of hydrogen-bond acceptors (Lipinski definition) is 3. The normalized spacial score (nSPS) is 18.8. The molecule has 1 aliphatic rings. The van der Waals surface area contributed by atoms with E-state index in [1.807, 2.05) is 36.1 Å². The van der Waals surface area contributed by atoms with E-state index in [2.05, 4.69) is 15.9 Å². The summed E-state index contributed by atoms with van der Waals surface area (Å²) in [5, 5.41) is 0. The second kappa shape index (κ2) is 8.51. The van der Waals surface area contributed by atoms with Crippen molar-refractivity contribution in [3.63, 3.8) is 0 Å². The number of ether oxygens (including phenoxy) is 2. The second-order valence-corrected chi connectivity index (χ2v) is 6.01. The van der Waals surface area contributed by atoms with Gasteiger partial charge in [0.25, 0.3) is 5.91 Å². The number of carbonyl (C=O) groups excluding carboxylic acids is 1. The van der Waals surface area contributed by atoms with E-state index in [1.54, 1.807) is 0 Å². The van der Waals surface area contributed by atoms with Crippen LogP contribution >= 0.6 is 15.9 Å². The molecule has 1 aromatic rings. The minimum absolute atomic E-state index is 0.0782. The summed E-state index contributed by atoms with van der Waals surface area (Å²) >= 11 is 3.41. The fraction of sp³-hybridized carbons (Fsp3) is 0.562. The zero-order chi connectivity index (χ0) is 15.1. The zero-order valence-corrected chi connectivity index (χ0v) is 14.0. The summed E-state index contributed by atoms with van der Waals surface area (Å²) in [6.45, 7) is 5.36. The lowest BCUT2D eigenvalue weighted by Gasteiger charge is -2.32. The Morgan fingerprint density at radius 2 is 2.29 bits per heavy atom. The van der Waals surface area contributed by atoms with Crippen LogP contribution in [0.1, 0.15) is 30.1 Å². The Morgan fingerprint density at radius 3 is 3.05 bits per heavy atom. The van der Waals surface area contributed by atoms with Crippen molar-refractivity contribution in [3.8, 4) is 0 Å². The van der Waals surface area contributed by atoms with Crippen LogP contribution in [0.5, 0.6) is 0 Å². The Hall–Kier alpha value is -0.910. The van der Waals surface area contributed by atoms with Crippen molar-refractivity contribution in [2.75, 3.05) is 32.9 Å². The predicted molar refractivity (Wildman–Crippen MR) is 85.5 cm³/mol. The number of amides is 1. The van der Waals surface area contributed by atoms with E-state index in [4.69, 9.17) is 9.47 Å². The Labute approximate surface area is 134 Å². The molecule has 5 heteroatoms. The van der Waals surface area contributed by atoms with Crippen molar-refractivity contribution in [1.82, 2.24) is 4.90 Å². The van der Waals surface area contributed by atoms with Gasteiger partial charge in [-0.15, -0.1) is 0 Å². The molecule has 1 heterocycles. The highest BCUT2D eigenvalue weighted by Gasteiger charge is 2.24. The maximum atomic E-state index is 12.5. The molecular formula is C16H22BrNO3. The largest absolute Gasteiger partial charge is 0.379 e. The molecule has 4 nitrogen and oxygen atoms in total. The molecule has 21 heavy (non-hydrogen) atoms. The molecule has 0 aliphatic carbocycles. The van der Waals surface area contributed by atoms with E-state index >= 15 is 0 Å². The molecule has 0 aromatic heterocycles. The summed E-state index contributed by atoms with van der Waals surface area (Å²) in [6.07, 6.45) is 2.11. The number of piperidine rings is 1. The van der Waals surface area contributed by atoms with Gasteiger partial charge in [-0.25, -0.2) is 0 Å². The van der Waals surface area contributed by atoms with Crippen molar-refractivity contribution >= 4 is 21.8 Å². The maximum absolute atomic E-state index is 12.5. The summed E-state index contributed by atoms with van der Waals surface area (Å²) in [4.78, 5) is 14.4. The maximum Gasteiger partial charge on any atom is 0.253 e. The third-order valence-electron chi connectivity index (χ3n) is 3.52. The minimum atomic E-state index is 0.0782. The van der Waals surface area contributed by atoms with Gasteiger partial charge in [-0.1, -0.05) is 22.0 Å². The van der Waals surface area contributed by atoms with Crippen LogP contribution in [-0.2, 0) is 9.47 Å². The lowest BCUT2D eigenvalue weighted by Crippen LogP contribution is -2.43. The number of nitrogens with zero attached hydrogens (tertiary/aromatic N) is 1. The van der Waals surface area contributed by atoms with Gasteiger partial charge in [0, 0.05) is 29.7 Å². The topological polar surface area (TPSA) is 38.8 Å². The summed E-state index contributed by atoms with van der Waals surface area (Å²) in [6, 6.07) is 7.53. The molecule has 0 N–H and O–H groups in total. The van der Waals surface area contributed by atoms with E-state index in [1.165, 1.54) is 0 Å². The van der Waals surface area contributed by atoms with Gasteiger partial charge in [0.2, 0.25) is 0 Å². The fourth-order valence-corrected chi connectivity index (χ4v) is 2.88. The van der Waals surface area contributed by atoms with Crippen molar-refractivity contribution in [1.29, 1.82) is 0 Å². The van der Waals surface area contributed by atoms with Gasteiger partial charge < -0.3 is 14.4 Å². The number of hydrogen-bond donors (Lipinski definition) is 0. The molecule has 1 unspecified atom stereocenters. The number of rotatable bonds is 6. The van der Waals surface area contributed by atoms with Gasteiger partial charge in [-0.2, -0.15) is 0 Å². The third-order valence-corrected chi connectivity index (χ3v) is 4.02. The van der Waals surface area contributed by atoms with Crippen molar-refractivity contribution < 1.29 is 14.3 Å². The average molecular weight is 356 g/mol. The predicted octanol–water partition coefficient (Wildman–Crippen LogP) is 3.11. The molecule has 1 saturated heterocycles. The van der Waals surface area contributed by atoms with Crippen molar-refractivity contribution in [3.05, 3.63) is 34.3 Å². The SMILES string of the molecule is CCOCCOC1CCCN(C(=O)c2cccc(Br)c2)C1. The van der Waals surface area contributed by atoms with Gasteiger partial charge in [-0.3, -0.25) is 4.79 Å². The summed E-state index contributed by atoms with van der Waals surface area (Å²) in [5.41, 5.74) is 0.722. The minimum Gasteiger partial charge on any atom is -0.379 e. The number of halogens is 1. The molecule has 1 atom stereocenters. The van der Waals surface area contributed by atoms with Crippen LogP contribution in [0.4, 0.5) is 0 Å². The van der Waals surface area contributed by atoms with E-state index in [9.17, 15) is 4.79 Å². The molecular weight excluding hydrogens is 334 g/mol. The molecule has 0 saturated carbocycles. The van der Waals surface area contributed by atoms with Crippen LogP contribution in [0, 0.1) is 0 Å². The van der Waals surface area contributed by atoms with Crippen LogP contribution in [0.3, 0.4) is 0 Å². The summed E-state index contributed by atoms with van der Waals surface area (Å²) < 4.78 is 12.0. The number of likely N-dealkylation sites (tertiary alicyclic amines) is 1. The molecule has 1 amide bonds. The van der Waals surface area contributed by atoms with Crippen molar-refractivity contribution in [2.45, 2.75) is 25.9 Å². The average Bonchev–Trinajstić information content (AvgIpc) is 2.51. The molecule has 116 valence electrons. The van der Waals surface area contributed by atoms with Gasteiger partial charge in [0.05, 0.1) is 19.3 Å². The van der Waals surface area contributed by atoms with E-state index < -0.39 is 0 Å². The van der Waals surface area contributed by atoms with Gasteiger partial charge in [0.1, 0.15) is 0 Å². The van der Waals surface area contributed by atoms with Crippen LogP contribution in [-0.4, -0.2) is 49.8 Å². The molecule has 2 rings (SSSR count). The Bertz CT molecular complexity index is 467. The standard InChI is InChI=1S/C16H22BrNO3/c1-2-20-9-10-21-15-7-4-8-18(12-15)16(19)13-5-3-6-14(17)11-13/h3,5-6,11,15H,2,4,7-10,12H2,1H3. The van der Waals surface area contributed by atoms with E-state index in [0.29, 0.717) is 26.4 Å². The first kappa shape index (κ1) is 16.5. The van der Waals surface area contributed by atoms with Gasteiger partial charge >= 0.3 is 0 Å². The van der Waals surface area contributed by atoms with Crippen LogP contribution in [0.2, 0.25) is 0 Å². The Kier molecular flexibility index (Phi) is 6.67. The Morgan fingerprint density at radius 1 is 1.43 bits per heavy atom. The molecule has 0 spiro atoms. The second-order valence-electron chi connectivity index (χ2n) is 5.09. The quantitative estimate of drug-likeness (QED) is 0.736. The third kappa shape index (κ3) is 5.09. The van der Waals surface area contributed by atoms with E-state index in [0.717, 1.165) is 29.4 Å². The van der Waals surface area contributed by atoms with E-state index in [-0.39, 0.29) is 12.0 Å². The first-order chi connectivity index (χ1) is 10.2. The van der Waals surface area contributed by atoms with Crippen LogP contribution in [0.15, 0.2) is 28.7 Å². The number of carbonyl (C=O) groups is 1. The molecule has 1 fully saturated rings. The summed E-state index contributed by atoms with van der Waals surface area (Å²) in [7, 11) is 0. The number of benzene rings is 1. The molecule has 1 aromatic carbocycles. The lowest BCUT2D eigenvalue weighted by molar-refractivity contribution is -0.0226. The van der Waals surface area contributed by atoms with Gasteiger partial charge in [-0.05, 0) is 38.0 Å². The first-order valence-electron chi connectivity index (χ1n) is 7.45. The lowest BCUT2D eigenvalue weighted by atomic mass is 10.1. The van der Waals surface area contributed by atoms with Gasteiger partial charge in [0.15, 0.2) is 0 Å². The zero-order valence-electron chi connectivity index (χ0n) is 12.4. The Balaban J connectivity index is 1.87. The highest BCUT2D eigenvalue weighted by atomic mass is 79.9. The van der Waals surface area contributed by atoms with Crippen LogP contribution in [0.25, 0.3) is 0 Å². The molecule has 0 radical (unpaired) electrons. The highest BCUT2D eigenvalue weighted by Crippen LogP contribution is 2.18. The van der Waals surface area contributed by atoms with Crippen LogP contribution < -0.4 is 0 Å². The fourth-order valence-electron chi connectivity index (χ4n) is 2.48. The molecule has 1 aliphatic heterocycles.